The molecule has 18 heavy (non-hydrogen) atoms. The molecule has 0 spiro atoms. The van der Waals surface area contributed by atoms with Crippen molar-refractivity contribution in [3.63, 3.8) is 0 Å². The Hall–Kier alpha value is -1.64. The second kappa shape index (κ2) is 6.34. The maximum absolute atomic E-state index is 10.8. The highest BCUT2D eigenvalue weighted by molar-refractivity contribution is 7.85. The minimum atomic E-state index is -4.16. The summed E-state index contributed by atoms with van der Waals surface area (Å²) in [6.45, 7) is 4.07. The molecule has 0 saturated heterocycles. The van der Waals surface area contributed by atoms with E-state index in [1.165, 1.54) is 24.3 Å². The highest BCUT2D eigenvalue weighted by atomic mass is 32.2. The number of rotatable bonds is 5. The van der Waals surface area contributed by atoms with Gasteiger partial charge in [0.15, 0.2) is 5.11 Å². The largest absolute Gasteiger partial charge is 0.358 e. The Morgan fingerprint density at radius 2 is 2.00 bits per heavy atom. The van der Waals surface area contributed by atoms with Gasteiger partial charge in [0, 0.05) is 6.54 Å². The SMILES string of the molecule is C=CCNC(=S)NNc1ccc(S(=O)(=O)O)cc1. The molecule has 8 heteroatoms. The van der Waals surface area contributed by atoms with Crippen molar-refractivity contribution in [2.45, 2.75) is 4.90 Å². The molecule has 0 aromatic heterocycles. The Bertz CT molecular complexity index is 526. The van der Waals surface area contributed by atoms with Crippen molar-refractivity contribution < 1.29 is 13.0 Å². The topological polar surface area (TPSA) is 90.5 Å². The van der Waals surface area contributed by atoms with Crippen molar-refractivity contribution >= 4 is 33.1 Å². The summed E-state index contributed by atoms with van der Waals surface area (Å²) < 4.78 is 30.4. The molecule has 0 unspecified atom stereocenters. The van der Waals surface area contributed by atoms with Gasteiger partial charge < -0.3 is 5.32 Å². The van der Waals surface area contributed by atoms with Crippen LogP contribution in [-0.2, 0) is 10.1 Å². The van der Waals surface area contributed by atoms with Crippen LogP contribution in [0, 0.1) is 0 Å². The van der Waals surface area contributed by atoms with Crippen molar-refractivity contribution in [2.75, 3.05) is 12.0 Å². The summed E-state index contributed by atoms with van der Waals surface area (Å²) >= 11 is 4.94. The molecule has 98 valence electrons. The van der Waals surface area contributed by atoms with Gasteiger partial charge in [0.25, 0.3) is 10.1 Å². The third kappa shape index (κ3) is 4.70. The van der Waals surface area contributed by atoms with Gasteiger partial charge in [0.2, 0.25) is 0 Å². The van der Waals surface area contributed by atoms with E-state index in [0.717, 1.165) is 0 Å². The fraction of sp³-hybridized carbons (Fsp3) is 0.100. The molecule has 6 nitrogen and oxygen atoms in total. The van der Waals surface area contributed by atoms with Gasteiger partial charge in [-0.3, -0.25) is 15.4 Å². The van der Waals surface area contributed by atoms with Gasteiger partial charge in [-0.25, -0.2) is 0 Å². The Morgan fingerprint density at radius 1 is 1.39 bits per heavy atom. The van der Waals surface area contributed by atoms with E-state index in [4.69, 9.17) is 16.8 Å². The third-order valence-electron chi connectivity index (χ3n) is 1.88. The first-order valence-corrected chi connectivity index (χ1v) is 6.76. The van der Waals surface area contributed by atoms with Gasteiger partial charge in [0.1, 0.15) is 0 Å². The van der Waals surface area contributed by atoms with Crippen molar-refractivity contribution in [3.05, 3.63) is 36.9 Å². The highest BCUT2D eigenvalue weighted by Gasteiger charge is 2.08. The van der Waals surface area contributed by atoms with Crippen LogP contribution < -0.4 is 16.2 Å². The molecule has 1 rings (SSSR count). The van der Waals surface area contributed by atoms with Gasteiger partial charge in [-0.1, -0.05) is 6.08 Å². The first-order valence-electron chi connectivity index (χ1n) is 4.92. The van der Waals surface area contributed by atoms with E-state index >= 15 is 0 Å². The summed E-state index contributed by atoms with van der Waals surface area (Å²) in [5, 5.41) is 3.23. The highest BCUT2D eigenvalue weighted by Crippen LogP contribution is 2.12. The first kappa shape index (κ1) is 14.4. The molecule has 4 N–H and O–H groups in total. The number of anilines is 1. The lowest BCUT2D eigenvalue weighted by Gasteiger charge is -2.11. The summed E-state index contributed by atoms with van der Waals surface area (Å²) in [5.41, 5.74) is 6.07. The molecule has 0 heterocycles. The Balaban J connectivity index is 2.54. The molecular weight excluding hydrogens is 274 g/mol. The smallest absolute Gasteiger partial charge is 0.294 e. The van der Waals surface area contributed by atoms with Crippen molar-refractivity contribution in [3.8, 4) is 0 Å². The molecule has 0 aliphatic rings. The molecule has 0 aliphatic heterocycles. The third-order valence-corrected chi connectivity index (χ3v) is 2.99. The molecule has 0 bridgehead atoms. The minimum Gasteiger partial charge on any atom is -0.358 e. The molecule has 0 saturated carbocycles. The number of nitrogens with one attached hydrogen (secondary N) is 3. The standard InChI is InChI=1S/C10H13N3O3S2/c1-2-7-11-10(17)13-12-8-3-5-9(6-4-8)18(14,15)16/h2-6,12H,1,7H2,(H2,11,13,17)(H,14,15,16). The molecule has 0 atom stereocenters. The minimum absolute atomic E-state index is 0.166. The molecule has 1 aromatic rings. The van der Waals surface area contributed by atoms with E-state index in [2.05, 4.69) is 22.7 Å². The summed E-state index contributed by atoms with van der Waals surface area (Å²) in [6, 6.07) is 5.54. The van der Waals surface area contributed by atoms with E-state index in [0.29, 0.717) is 17.3 Å². The lowest BCUT2D eigenvalue weighted by atomic mass is 10.3. The lowest BCUT2D eigenvalue weighted by molar-refractivity contribution is 0.483. The second-order valence-corrected chi connectivity index (χ2v) is 5.08. The van der Waals surface area contributed by atoms with Crippen LogP contribution in [0.2, 0.25) is 0 Å². The number of hydrazine groups is 1. The Kier molecular flexibility index (Phi) is 5.08. The number of hydrogen-bond acceptors (Lipinski definition) is 4. The molecule has 1 aromatic carbocycles. The Morgan fingerprint density at radius 3 is 2.50 bits per heavy atom. The molecule has 0 amide bonds. The predicted octanol–water partition coefficient (Wildman–Crippen LogP) is 0.910. The number of thiocarbonyl (C=S) groups is 1. The van der Waals surface area contributed by atoms with Crippen LogP contribution >= 0.6 is 12.2 Å². The maximum atomic E-state index is 10.8. The zero-order chi connectivity index (χ0) is 13.6. The van der Waals surface area contributed by atoms with Crippen molar-refractivity contribution in [1.82, 2.24) is 10.7 Å². The van der Waals surface area contributed by atoms with Crippen molar-refractivity contribution in [1.29, 1.82) is 0 Å². The zero-order valence-corrected chi connectivity index (χ0v) is 11.0. The summed E-state index contributed by atoms with van der Waals surface area (Å²) in [5.74, 6) is 0. The summed E-state index contributed by atoms with van der Waals surface area (Å²) in [6.07, 6.45) is 1.66. The lowest BCUT2D eigenvalue weighted by Crippen LogP contribution is -2.38. The van der Waals surface area contributed by atoms with Crippen LogP contribution in [-0.4, -0.2) is 24.6 Å². The van der Waals surface area contributed by atoms with Gasteiger partial charge >= 0.3 is 0 Å². The van der Waals surface area contributed by atoms with E-state index in [1.807, 2.05) is 0 Å². The molecular formula is C10H13N3O3S2. The average molecular weight is 287 g/mol. The van der Waals surface area contributed by atoms with Gasteiger partial charge in [-0.15, -0.1) is 6.58 Å². The second-order valence-electron chi connectivity index (χ2n) is 3.25. The zero-order valence-electron chi connectivity index (χ0n) is 9.38. The summed E-state index contributed by atoms with van der Waals surface area (Å²) in [7, 11) is -4.16. The van der Waals surface area contributed by atoms with E-state index in [9.17, 15) is 8.42 Å². The number of benzene rings is 1. The van der Waals surface area contributed by atoms with Crippen LogP contribution in [0.1, 0.15) is 0 Å². The first-order chi connectivity index (χ1) is 8.43. The number of hydrogen-bond donors (Lipinski definition) is 4. The Labute approximate surface area is 111 Å². The maximum Gasteiger partial charge on any atom is 0.294 e. The van der Waals surface area contributed by atoms with Gasteiger partial charge in [-0.2, -0.15) is 8.42 Å². The van der Waals surface area contributed by atoms with Crippen LogP contribution in [0.3, 0.4) is 0 Å². The fourth-order valence-electron chi connectivity index (χ4n) is 1.05. The predicted molar refractivity (Wildman–Crippen MR) is 73.8 cm³/mol. The average Bonchev–Trinajstić information content (AvgIpc) is 2.33. The van der Waals surface area contributed by atoms with Crippen LogP contribution in [0.15, 0.2) is 41.8 Å². The molecule has 0 radical (unpaired) electrons. The molecule has 0 aliphatic carbocycles. The molecule has 0 fully saturated rings. The summed E-state index contributed by atoms with van der Waals surface area (Å²) in [4.78, 5) is -0.166. The van der Waals surface area contributed by atoms with E-state index < -0.39 is 10.1 Å². The van der Waals surface area contributed by atoms with Crippen molar-refractivity contribution in [2.24, 2.45) is 0 Å². The van der Waals surface area contributed by atoms with Crippen LogP contribution in [0.25, 0.3) is 0 Å². The fourth-order valence-corrected chi connectivity index (χ4v) is 1.66. The van der Waals surface area contributed by atoms with Gasteiger partial charge in [-0.05, 0) is 36.5 Å². The quantitative estimate of drug-likeness (QED) is 0.277. The van der Waals surface area contributed by atoms with Crippen LogP contribution in [0.4, 0.5) is 5.69 Å². The van der Waals surface area contributed by atoms with E-state index in [-0.39, 0.29) is 4.90 Å². The van der Waals surface area contributed by atoms with E-state index in [1.54, 1.807) is 6.08 Å². The normalized spacial score (nSPS) is 10.5. The van der Waals surface area contributed by atoms with Crippen LogP contribution in [0.5, 0.6) is 0 Å². The monoisotopic (exact) mass is 287 g/mol. The van der Waals surface area contributed by atoms with Gasteiger partial charge in [0.05, 0.1) is 10.6 Å².